The molecule has 0 saturated heterocycles. The van der Waals surface area contributed by atoms with Crippen LogP contribution in [0.5, 0.6) is 0 Å². The van der Waals surface area contributed by atoms with Crippen molar-refractivity contribution in [3.63, 3.8) is 0 Å². The van der Waals surface area contributed by atoms with E-state index in [0.29, 0.717) is 12.5 Å². The van der Waals surface area contributed by atoms with E-state index >= 15 is 0 Å². The lowest BCUT2D eigenvalue weighted by Crippen LogP contribution is -2.26. The van der Waals surface area contributed by atoms with Gasteiger partial charge in [-0.3, -0.25) is 4.57 Å². The molecule has 0 saturated carbocycles. The first kappa shape index (κ1) is 15.0. The minimum absolute atomic E-state index is 0.556. The highest BCUT2D eigenvalue weighted by molar-refractivity contribution is 7.98. The molecular formula is C4H11O8PS2. The third-order valence-corrected chi connectivity index (χ3v) is 5.90. The zero-order valence-corrected chi connectivity index (χ0v) is 10.7. The molecule has 0 aromatic heterocycles. The van der Waals surface area contributed by atoms with E-state index in [4.69, 9.17) is 4.89 Å². The summed E-state index contributed by atoms with van der Waals surface area (Å²) in [6.07, 6.45) is 1.12. The number of hydrogen-bond acceptors (Lipinski definition) is 7. The first-order chi connectivity index (χ1) is 6.40. The van der Waals surface area contributed by atoms with Crippen molar-refractivity contribution in [1.29, 1.82) is 0 Å². The SMILES string of the molecule is COP(=O)(O)C(OS(C)(=O)=O)S(C)(=O)=O. The van der Waals surface area contributed by atoms with Gasteiger partial charge in [-0.2, -0.15) is 8.42 Å². The van der Waals surface area contributed by atoms with Crippen LogP contribution in [0.15, 0.2) is 0 Å². The van der Waals surface area contributed by atoms with Crippen molar-refractivity contribution < 1.29 is 35.0 Å². The van der Waals surface area contributed by atoms with Gasteiger partial charge in [0.2, 0.25) is 0 Å². The zero-order chi connectivity index (χ0) is 12.5. The van der Waals surface area contributed by atoms with Gasteiger partial charge in [0, 0.05) is 13.4 Å². The minimum Gasteiger partial charge on any atom is -0.322 e. The summed E-state index contributed by atoms with van der Waals surface area (Å²) in [5, 5.41) is -2.44. The Labute approximate surface area is 87.8 Å². The molecule has 2 unspecified atom stereocenters. The fourth-order valence-electron chi connectivity index (χ4n) is 0.603. The van der Waals surface area contributed by atoms with Crippen LogP contribution in [-0.4, -0.2) is 46.5 Å². The van der Waals surface area contributed by atoms with E-state index in [9.17, 15) is 21.4 Å². The van der Waals surface area contributed by atoms with Crippen LogP contribution in [0.2, 0.25) is 0 Å². The van der Waals surface area contributed by atoms with Crippen LogP contribution in [0.25, 0.3) is 0 Å². The number of rotatable bonds is 5. The topological polar surface area (TPSA) is 124 Å². The molecule has 0 aromatic rings. The largest absolute Gasteiger partial charge is 0.373 e. The van der Waals surface area contributed by atoms with E-state index in [-0.39, 0.29) is 0 Å². The fraction of sp³-hybridized carbons (Fsp3) is 1.00. The van der Waals surface area contributed by atoms with E-state index < -0.39 is 32.7 Å². The highest BCUT2D eigenvalue weighted by Crippen LogP contribution is 2.49. The monoisotopic (exact) mass is 282 g/mol. The second kappa shape index (κ2) is 4.48. The molecule has 0 aliphatic heterocycles. The molecule has 0 aliphatic rings. The molecule has 1 N–H and O–H groups in total. The molecule has 0 heterocycles. The van der Waals surface area contributed by atoms with Gasteiger partial charge in [-0.15, -0.1) is 0 Å². The third kappa shape index (κ3) is 5.05. The first-order valence-corrected chi connectivity index (χ1v) is 8.77. The van der Waals surface area contributed by atoms with Crippen LogP contribution < -0.4 is 0 Å². The molecule has 8 nitrogen and oxygen atoms in total. The Morgan fingerprint density at radius 3 is 1.80 bits per heavy atom. The van der Waals surface area contributed by atoms with Crippen molar-refractivity contribution in [3.8, 4) is 0 Å². The summed E-state index contributed by atoms with van der Waals surface area (Å²) in [6, 6.07) is 0. The van der Waals surface area contributed by atoms with Gasteiger partial charge in [-0.05, 0) is 0 Å². The summed E-state index contributed by atoms with van der Waals surface area (Å²) in [5.41, 5.74) is 0. The van der Waals surface area contributed by atoms with Gasteiger partial charge in [0.1, 0.15) is 0 Å². The Morgan fingerprint density at radius 1 is 1.20 bits per heavy atom. The average molecular weight is 282 g/mol. The smallest absolute Gasteiger partial charge is 0.322 e. The molecule has 0 aliphatic carbocycles. The summed E-state index contributed by atoms with van der Waals surface area (Å²) < 4.78 is 62.6. The summed E-state index contributed by atoms with van der Waals surface area (Å²) >= 11 is 0. The molecule has 0 radical (unpaired) electrons. The quantitative estimate of drug-likeness (QED) is 0.509. The molecular weight excluding hydrogens is 271 g/mol. The van der Waals surface area contributed by atoms with Crippen molar-refractivity contribution in [1.82, 2.24) is 0 Å². The lowest BCUT2D eigenvalue weighted by atomic mass is 11.7. The predicted octanol–water partition coefficient (Wildman–Crippen LogP) is -0.877. The maximum atomic E-state index is 11.2. The molecule has 15 heavy (non-hydrogen) atoms. The van der Waals surface area contributed by atoms with Crippen molar-refractivity contribution in [3.05, 3.63) is 0 Å². The van der Waals surface area contributed by atoms with Crippen molar-refractivity contribution in [2.45, 2.75) is 5.18 Å². The van der Waals surface area contributed by atoms with E-state index in [0.717, 1.165) is 7.11 Å². The molecule has 0 spiro atoms. The molecule has 0 bridgehead atoms. The van der Waals surface area contributed by atoms with Crippen LogP contribution in [0.3, 0.4) is 0 Å². The molecule has 0 fully saturated rings. The van der Waals surface area contributed by atoms with Crippen molar-refractivity contribution in [2.24, 2.45) is 0 Å². The molecule has 0 rings (SSSR count). The maximum Gasteiger partial charge on any atom is 0.373 e. The second-order valence-electron chi connectivity index (χ2n) is 2.68. The molecule has 2 atom stereocenters. The summed E-state index contributed by atoms with van der Waals surface area (Å²) in [6.45, 7) is 0. The minimum atomic E-state index is -4.69. The van der Waals surface area contributed by atoms with Gasteiger partial charge in [0.05, 0.1) is 6.26 Å². The maximum absolute atomic E-state index is 11.2. The first-order valence-electron chi connectivity index (χ1n) is 3.35. The zero-order valence-electron chi connectivity index (χ0n) is 8.15. The fourth-order valence-corrected chi connectivity index (χ4v) is 5.17. The highest BCUT2D eigenvalue weighted by atomic mass is 32.2. The van der Waals surface area contributed by atoms with E-state index in [2.05, 4.69) is 8.71 Å². The van der Waals surface area contributed by atoms with Crippen LogP contribution in [0, 0.1) is 0 Å². The van der Waals surface area contributed by atoms with Gasteiger partial charge in [-0.25, -0.2) is 12.6 Å². The van der Waals surface area contributed by atoms with E-state index in [1.54, 1.807) is 0 Å². The average Bonchev–Trinajstić information content (AvgIpc) is 1.96. The third-order valence-electron chi connectivity index (χ3n) is 1.15. The van der Waals surface area contributed by atoms with E-state index in [1.165, 1.54) is 0 Å². The van der Waals surface area contributed by atoms with Crippen molar-refractivity contribution in [2.75, 3.05) is 19.6 Å². The van der Waals surface area contributed by atoms with Gasteiger partial charge in [0.25, 0.3) is 15.3 Å². The Balaban J connectivity index is 5.40. The lowest BCUT2D eigenvalue weighted by Gasteiger charge is -2.18. The second-order valence-corrected chi connectivity index (χ2v) is 8.68. The van der Waals surface area contributed by atoms with E-state index in [1.807, 2.05) is 0 Å². The van der Waals surface area contributed by atoms with Gasteiger partial charge in [-0.1, -0.05) is 0 Å². The predicted molar refractivity (Wildman–Crippen MR) is 51.4 cm³/mol. The van der Waals surface area contributed by atoms with Crippen LogP contribution in [-0.2, 0) is 33.2 Å². The summed E-state index contributed by atoms with van der Waals surface area (Å²) in [7, 11) is -12.3. The summed E-state index contributed by atoms with van der Waals surface area (Å²) in [5.74, 6) is 0. The van der Waals surface area contributed by atoms with Gasteiger partial charge >= 0.3 is 7.60 Å². The molecule has 0 amide bonds. The van der Waals surface area contributed by atoms with Gasteiger partial charge in [0.15, 0.2) is 9.84 Å². The van der Waals surface area contributed by atoms with Crippen LogP contribution in [0.1, 0.15) is 0 Å². The standard InChI is InChI=1S/C4H11O8PS2/c1-11-13(5,6)4(14(2,7)8)12-15(3,9)10/h4H,1-3H3,(H,5,6). The molecule has 0 aromatic carbocycles. The van der Waals surface area contributed by atoms with Crippen LogP contribution in [0.4, 0.5) is 0 Å². The Bertz CT molecular complexity index is 461. The lowest BCUT2D eigenvalue weighted by molar-refractivity contribution is 0.251. The summed E-state index contributed by atoms with van der Waals surface area (Å²) in [4.78, 5) is 9.05. The van der Waals surface area contributed by atoms with Gasteiger partial charge < -0.3 is 9.42 Å². The Hall–Kier alpha value is 0.01000. The van der Waals surface area contributed by atoms with Crippen LogP contribution >= 0.6 is 7.60 Å². The molecule has 92 valence electrons. The molecule has 11 heteroatoms. The number of sulfone groups is 1. The normalized spacial score (nSPS) is 19.5. The number of hydrogen-bond donors (Lipinski definition) is 1. The highest BCUT2D eigenvalue weighted by Gasteiger charge is 2.43. The Kier molecular flexibility index (Phi) is 4.48. The van der Waals surface area contributed by atoms with Crippen molar-refractivity contribution >= 4 is 27.6 Å². The Morgan fingerprint density at radius 2 is 1.60 bits per heavy atom.